The Morgan fingerprint density at radius 1 is 0.903 bits per heavy atom. The quantitative estimate of drug-likeness (QED) is 0.665. The summed E-state index contributed by atoms with van der Waals surface area (Å²) in [6.07, 6.45) is 2.51. The smallest absolute Gasteiger partial charge is 0.239 e. The molecule has 1 fully saturated rings. The molecule has 0 spiro atoms. The van der Waals surface area contributed by atoms with Gasteiger partial charge >= 0.3 is 0 Å². The molecule has 0 saturated carbocycles. The van der Waals surface area contributed by atoms with Crippen molar-refractivity contribution in [3.05, 3.63) is 89.5 Å². The molecule has 2 unspecified atom stereocenters. The molecule has 1 amide bonds. The number of anilines is 2. The summed E-state index contributed by atoms with van der Waals surface area (Å²) in [5.41, 5.74) is 5.21. The van der Waals surface area contributed by atoms with E-state index in [0.717, 1.165) is 35.5 Å². The van der Waals surface area contributed by atoms with Crippen LogP contribution in [0, 0.1) is 0 Å². The number of carbonyl (C=O) groups excluding carboxylic acids is 1. The largest absolute Gasteiger partial charge is 0.372 e. The van der Waals surface area contributed by atoms with Crippen molar-refractivity contribution < 1.29 is 9.00 Å². The zero-order valence-corrected chi connectivity index (χ0v) is 18.1. The van der Waals surface area contributed by atoms with Crippen molar-refractivity contribution in [2.75, 3.05) is 22.9 Å². The Balaban J connectivity index is 1.42. The number of amides is 1. The van der Waals surface area contributed by atoms with Gasteiger partial charge in [0.25, 0.3) is 0 Å². The maximum atomic E-state index is 13.5. The van der Waals surface area contributed by atoms with Crippen molar-refractivity contribution >= 4 is 28.3 Å². The van der Waals surface area contributed by atoms with Crippen LogP contribution in [0.4, 0.5) is 11.4 Å². The van der Waals surface area contributed by atoms with Gasteiger partial charge in [0.15, 0.2) is 0 Å². The Bertz CT molecular complexity index is 1120. The highest BCUT2D eigenvalue weighted by Gasteiger charge is 2.38. The molecular formula is C25H25N3O2S. The van der Waals surface area contributed by atoms with Crippen LogP contribution in [0.2, 0.25) is 0 Å². The van der Waals surface area contributed by atoms with Crippen LogP contribution in [0.1, 0.15) is 35.4 Å². The maximum Gasteiger partial charge on any atom is 0.239 e. The molecule has 2 N–H and O–H groups in total. The predicted octanol–water partition coefficient (Wildman–Crippen LogP) is 3.95. The van der Waals surface area contributed by atoms with E-state index in [1.807, 2.05) is 41.3 Å². The zero-order chi connectivity index (χ0) is 21.4. The van der Waals surface area contributed by atoms with E-state index in [4.69, 9.17) is 5.14 Å². The lowest BCUT2D eigenvalue weighted by Gasteiger charge is -2.20. The molecular weight excluding hydrogens is 406 g/mol. The number of nitrogens with zero attached hydrogens (tertiary/aromatic N) is 2. The van der Waals surface area contributed by atoms with Crippen molar-refractivity contribution in [2.24, 2.45) is 5.14 Å². The molecule has 3 aromatic rings. The van der Waals surface area contributed by atoms with E-state index in [0.29, 0.717) is 11.4 Å². The molecule has 0 aromatic heterocycles. The summed E-state index contributed by atoms with van der Waals surface area (Å²) >= 11 is 0. The second-order valence-corrected chi connectivity index (χ2v) is 9.21. The second kappa shape index (κ2) is 8.29. The molecule has 5 rings (SSSR count). The first kappa shape index (κ1) is 20.0. The average molecular weight is 432 g/mol. The van der Waals surface area contributed by atoms with Gasteiger partial charge in [0, 0.05) is 24.5 Å². The SMILES string of the molecule is NS(=O)c1ccc(C2C(=O)N(Cc3ccc(N4CCCC4)cc3)c3ccccc32)cc1. The minimum Gasteiger partial charge on any atom is -0.372 e. The maximum absolute atomic E-state index is 13.5. The fraction of sp³-hybridized carbons (Fsp3) is 0.240. The van der Waals surface area contributed by atoms with Crippen LogP contribution in [0.25, 0.3) is 0 Å². The van der Waals surface area contributed by atoms with Gasteiger partial charge in [0.1, 0.15) is 11.0 Å². The predicted molar refractivity (Wildman–Crippen MR) is 124 cm³/mol. The Hall–Kier alpha value is -2.96. The first-order valence-electron chi connectivity index (χ1n) is 10.6. The molecule has 2 aliphatic heterocycles. The molecule has 3 aromatic carbocycles. The number of hydrogen-bond acceptors (Lipinski definition) is 3. The minimum atomic E-state index is -1.53. The number of para-hydroxylation sites is 1. The van der Waals surface area contributed by atoms with Gasteiger partial charge in [-0.25, -0.2) is 9.35 Å². The topological polar surface area (TPSA) is 66.6 Å². The number of carbonyl (C=O) groups is 1. The molecule has 158 valence electrons. The van der Waals surface area contributed by atoms with Crippen molar-refractivity contribution in [3.8, 4) is 0 Å². The van der Waals surface area contributed by atoms with E-state index in [9.17, 15) is 9.00 Å². The molecule has 2 atom stereocenters. The highest BCUT2D eigenvalue weighted by atomic mass is 32.2. The summed E-state index contributed by atoms with van der Waals surface area (Å²) in [4.78, 5) is 18.3. The number of hydrogen-bond donors (Lipinski definition) is 1. The summed E-state index contributed by atoms with van der Waals surface area (Å²) in [6.45, 7) is 2.78. The van der Waals surface area contributed by atoms with Crippen molar-refractivity contribution in [1.82, 2.24) is 0 Å². The van der Waals surface area contributed by atoms with Gasteiger partial charge < -0.3 is 9.80 Å². The van der Waals surface area contributed by atoms with Crippen LogP contribution in [0.5, 0.6) is 0 Å². The van der Waals surface area contributed by atoms with Gasteiger partial charge in [-0.05, 0) is 59.9 Å². The molecule has 0 bridgehead atoms. The number of rotatable bonds is 5. The van der Waals surface area contributed by atoms with Crippen molar-refractivity contribution in [3.63, 3.8) is 0 Å². The van der Waals surface area contributed by atoms with E-state index in [1.165, 1.54) is 18.5 Å². The summed E-state index contributed by atoms with van der Waals surface area (Å²) < 4.78 is 11.5. The van der Waals surface area contributed by atoms with E-state index in [1.54, 1.807) is 12.1 Å². The van der Waals surface area contributed by atoms with Gasteiger partial charge in [0.2, 0.25) is 5.91 Å². The highest BCUT2D eigenvalue weighted by Crippen LogP contribution is 2.42. The lowest BCUT2D eigenvalue weighted by Crippen LogP contribution is -2.28. The molecule has 6 heteroatoms. The third-order valence-electron chi connectivity index (χ3n) is 6.25. The Labute approximate surface area is 185 Å². The molecule has 31 heavy (non-hydrogen) atoms. The molecule has 0 aliphatic carbocycles. The fourth-order valence-electron chi connectivity index (χ4n) is 4.63. The van der Waals surface area contributed by atoms with Crippen molar-refractivity contribution in [1.29, 1.82) is 0 Å². The summed E-state index contributed by atoms with van der Waals surface area (Å²) in [5.74, 6) is -0.299. The highest BCUT2D eigenvalue weighted by molar-refractivity contribution is 7.82. The lowest BCUT2D eigenvalue weighted by atomic mass is 9.93. The number of fused-ring (bicyclic) bond motifs is 1. The lowest BCUT2D eigenvalue weighted by molar-refractivity contribution is -0.118. The standard InChI is InChI=1S/C25H25N3O2S/c26-31(30)21-13-9-19(10-14-21)24-22-5-1-2-6-23(22)28(25(24)29)17-18-7-11-20(12-8-18)27-15-3-4-16-27/h1-2,5-14,24H,3-4,15-17,26H2. The van der Waals surface area contributed by atoms with E-state index >= 15 is 0 Å². The van der Waals surface area contributed by atoms with Crippen LogP contribution in [0.15, 0.2) is 77.7 Å². The third kappa shape index (κ3) is 3.77. The fourth-order valence-corrected chi connectivity index (χ4v) is 5.04. The Kier molecular flexibility index (Phi) is 5.34. The summed E-state index contributed by atoms with van der Waals surface area (Å²) in [7, 11) is -1.53. The van der Waals surface area contributed by atoms with Gasteiger partial charge in [-0.3, -0.25) is 4.79 Å². The van der Waals surface area contributed by atoms with Crippen LogP contribution >= 0.6 is 0 Å². The monoisotopic (exact) mass is 431 g/mol. The van der Waals surface area contributed by atoms with E-state index in [2.05, 4.69) is 29.2 Å². The molecule has 2 aliphatic rings. The van der Waals surface area contributed by atoms with Crippen LogP contribution < -0.4 is 14.9 Å². The van der Waals surface area contributed by atoms with E-state index in [-0.39, 0.29) is 11.8 Å². The van der Waals surface area contributed by atoms with Gasteiger partial charge in [0.05, 0.1) is 17.4 Å². The first-order valence-corrected chi connectivity index (χ1v) is 11.8. The first-order chi connectivity index (χ1) is 15.1. The van der Waals surface area contributed by atoms with Crippen LogP contribution in [-0.4, -0.2) is 23.2 Å². The Morgan fingerprint density at radius 2 is 1.58 bits per heavy atom. The Morgan fingerprint density at radius 3 is 2.26 bits per heavy atom. The average Bonchev–Trinajstić information content (AvgIpc) is 3.42. The zero-order valence-electron chi connectivity index (χ0n) is 17.2. The second-order valence-electron chi connectivity index (χ2n) is 8.14. The molecule has 0 radical (unpaired) electrons. The molecule has 2 heterocycles. The normalized spacial score (nSPS) is 19.0. The minimum absolute atomic E-state index is 0.0615. The number of benzene rings is 3. The number of nitrogens with two attached hydrogens (primary N) is 1. The van der Waals surface area contributed by atoms with Crippen molar-refractivity contribution in [2.45, 2.75) is 30.2 Å². The summed E-state index contributed by atoms with van der Waals surface area (Å²) in [5, 5.41) is 5.47. The summed E-state index contributed by atoms with van der Waals surface area (Å²) in [6, 6.07) is 23.7. The van der Waals surface area contributed by atoms with Gasteiger partial charge in [-0.1, -0.05) is 42.5 Å². The molecule has 1 saturated heterocycles. The van der Waals surface area contributed by atoms with Crippen LogP contribution in [0.3, 0.4) is 0 Å². The molecule has 5 nitrogen and oxygen atoms in total. The third-order valence-corrected chi connectivity index (χ3v) is 6.98. The van der Waals surface area contributed by atoms with Crippen LogP contribution in [-0.2, 0) is 22.3 Å². The van der Waals surface area contributed by atoms with Gasteiger partial charge in [-0.2, -0.15) is 0 Å². The van der Waals surface area contributed by atoms with Gasteiger partial charge in [-0.15, -0.1) is 0 Å². The van der Waals surface area contributed by atoms with E-state index < -0.39 is 11.0 Å².